The number of hydrogen-bond donors (Lipinski definition) is 0. The highest BCUT2D eigenvalue weighted by Gasteiger charge is 2.47. The van der Waals surface area contributed by atoms with Gasteiger partial charge in [0.25, 0.3) is 0 Å². The van der Waals surface area contributed by atoms with E-state index in [-0.39, 0.29) is 18.7 Å². The van der Waals surface area contributed by atoms with Crippen LogP contribution in [0.5, 0.6) is 23.0 Å². The number of nitriles is 1. The SMILES string of the molecule is COc1cc2c(cc1OC)C(COC(=O)/C=C/c1cc(C)ccn1)N1C(C2)[C@H](N(C)C)c2cc(OC)c(OC)cc2C[C@@H]1C#N. The van der Waals surface area contributed by atoms with Gasteiger partial charge in [-0.15, -0.1) is 0 Å². The highest BCUT2D eigenvalue weighted by Crippen LogP contribution is 2.48. The van der Waals surface area contributed by atoms with Gasteiger partial charge in [0.05, 0.1) is 52.3 Å². The molecular weight excluding hydrogens is 572 g/mol. The molecule has 5 rings (SSSR count). The van der Waals surface area contributed by atoms with Crippen molar-refractivity contribution in [2.45, 2.75) is 43.9 Å². The van der Waals surface area contributed by atoms with Gasteiger partial charge in [0, 0.05) is 24.7 Å². The Morgan fingerprint density at radius 3 is 2.13 bits per heavy atom. The van der Waals surface area contributed by atoms with Crippen LogP contribution in [0, 0.1) is 18.3 Å². The quantitative estimate of drug-likeness (QED) is 0.249. The summed E-state index contributed by atoms with van der Waals surface area (Å²) in [5.74, 6) is 1.94. The molecule has 0 aliphatic carbocycles. The molecule has 2 unspecified atom stereocenters. The van der Waals surface area contributed by atoms with Gasteiger partial charge in [0.15, 0.2) is 23.0 Å². The summed E-state index contributed by atoms with van der Waals surface area (Å²) in [6.45, 7) is 2.00. The fourth-order valence-electron chi connectivity index (χ4n) is 6.70. The molecule has 2 aliphatic heterocycles. The van der Waals surface area contributed by atoms with E-state index in [2.05, 4.69) is 20.9 Å². The van der Waals surface area contributed by atoms with Gasteiger partial charge in [-0.3, -0.25) is 9.88 Å². The first-order valence-electron chi connectivity index (χ1n) is 14.8. The molecule has 10 heteroatoms. The number of ether oxygens (including phenoxy) is 5. The Morgan fingerprint density at radius 2 is 1.56 bits per heavy atom. The minimum Gasteiger partial charge on any atom is -0.493 e. The van der Waals surface area contributed by atoms with Crippen molar-refractivity contribution in [2.24, 2.45) is 0 Å². The standard InChI is InChI=1S/C35H40N4O6/c1-21-10-11-37-24(12-21)8-9-34(40)45-20-29-26-17-32(43-6)31(42-5)16-23(26)14-28-35(38(2)3)27-18-33(44-7)30(41-4)15-22(27)13-25(19-36)39(28)29/h8-12,15-18,25,28-29,35H,13-14,20H2,1-7H3/b9-8+/t25-,28?,29?,35-/m1/s1. The maximum atomic E-state index is 13.0. The molecule has 10 nitrogen and oxygen atoms in total. The lowest BCUT2D eigenvalue weighted by molar-refractivity contribution is -0.140. The van der Waals surface area contributed by atoms with Crippen LogP contribution in [0.3, 0.4) is 0 Å². The summed E-state index contributed by atoms with van der Waals surface area (Å²) in [4.78, 5) is 21.7. The van der Waals surface area contributed by atoms with Crippen molar-refractivity contribution in [1.29, 1.82) is 5.26 Å². The average Bonchev–Trinajstić information content (AvgIpc) is 3.17. The molecule has 0 radical (unpaired) electrons. The highest BCUT2D eigenvalue weighted by atomic mass is 16.5. The van der Waals surface area contributed by atoms with Gasteiger partial charge in [-0.1, -0.05) is 0 Å². The van der Waals surface area contributed by atoms with Crippen LogP contribution >= 0.6 is 0 Å². The smallest absolute Gasteiger partial charge is 0.330 e. The highest BCUT2D eigenvalue weighted by molar-refractivity contribution is 5.86. The van der Waals surface area contributed by atoms with E-state index in [0.29, 0.717) is 41.5 Å². The third-order valence-electron chi connectivity index (χ3n) is 8.69. The summed E-state index contributed by atoms with van der Waals surface area (Å²) in [5, 5.41) is 10.7. The van der Waals surface area contributed by atoms with Gasteiger partial charge >= 0.3 is 5.97 Å². The van der Waals surface area contributed by atoms with E-state index in [0.717, 1.165) is 27.8 Å². The topological polar surface area (TPSA) is 106 Å². The average molecular weight is 613 g/mol. The number of fused-ring (bicyclic) bond motifs is 3. The second-order valence-corrected chi connectivity index (χ2v) is 11.5. The first kappa shape index (κ1) is 31.8. The minimum atomic E-state index is -0.520. The summed E-state index contributed by atoms with van der Waals surface area (Å²) in [6, 6.07) is 13.1. The van der Waals surface area contributed by atoms with Crippen molar-refractivity contribution >= 4 is 12.0 Å². The molecular formula is C35H40N4O6. The molecule has 45 heavy (non-hydrogen) atoms. The molecule has 0 N–H and O–H groups in total. The summed E-state index contributed by atoms with van der Waals surface area (Å²) in [6.07, 6.45) is 5.82. The molecule has 2 aromatic carbocycles. The van der Waals surface area contributed by atoms with Gasteiger partial charge in [-0.05, 0) is 97.7 Å². The summed E-state index contributed by atoms with van der Waals surface area (Å²) < 4.78 is 28.6. The Kier molecular flexibility index (Phi) is 9.61. The lowest BCUT2D eigenvalue weighted by Crippen LogP contribution is -2.54. The number of carbonyl (C=O) groups is 1. The molecule has 0 bridgehead atoms. The molecule has 0 saturated heterocycles. The first-order chi connectivity index (χ1) is 21.7. The largest absolute Gasteiger partial charge is 0.493 e. The zero-order valence-electron chi connectivity index (χ0n) is 26.9. The number of aryl methyl sites for hydroxylation is 1. The number of nitrogens with zero attached hydrogens (tertiary/aromatic N) is 4. The van der Waals surface area contributed by atoms with E-state index in [9.17, 15) is 10.1 Å². The number of hydrogen-bond acceptors (Lipinski definition) is 10. The normalized spacial score (nSPS) is 20.8. The van der Waals surface area contributed by atoms with E-state index < -0.39 is 18.1 Å². The molecule has 0 saturated carbocycles. The third kappa shape index (κ3) is 6.32. The maximum Gasteiger partial charge on any atom is 0.330 e. The monoisotopic (exact) mass is 612 g/mol. The van der Waals surface area contributed by atoms with Crippen LogP contribution in [0.2, 0.25) is 0 Å². The van der Waals surface area contributed by atoms with Crippen molar-refractivity contribution in [3.8, 4) is 29.1 Å². The number of rotatable bonds is 9. The fourth-order valence-corrected chi connectivity index (χ4v) is 6.70. The lowest BCUT2D eigenvalue weighted by atomic mass is 9.82. The predicted molar refractivity (Wildman–Crippen MR) is 170 cm³/mol. The van der Waals surface area contributed by atoms with E-state index in [1.54, 1.807) is 40.7 Å². The zero-order valence-corrected chi connectivity index (χ0v) is 26.9. The molecule has 0 spiro atoms. The Hall–Kier alpha value is -4.59. The van der Waals surface area contributed by atoms with Crippen LogP contribution in [-0.2, 0) is 22.4 Å². The summed E-state index contributed by atoms with van der Waals surface area (Å²) in [5.41, 5.74) is 5.76. The maximum absolute atomic E-state index is 13.0. The Balaban J connectivity index is 1.60. The Morgan fingerprint density at radius 1 is 0.956 bits per heavy atom. The van der Waals surface area contributed by atoms with E-state index in [1.807, 2.05) is 57.4 Å². The van der Waals surface area contributed by atoms with Crippen molar-refractivity contribution < 1.29 is 28.5 Å². The number of esters is 1. The molecule has 3 aromatic rings. The Labute approximate surface area is 264 Å². The molecule has 0 amide bonds. The Bertz CT molecular complexity index is 1630. The molecule has 0 fully saturated rings. The number of aromatic nitrogens is 1. The predicted octanol–water partition coefficient (Wildman–Crippen LogP) is 4.70. The number of pyridine rings is 1. The van der Waals surface area contributed by atoms with Gasteiger partial charge in [0.2, 0.25) is 0 Å². The van der Waals surface area contributed by atoms with E-state index >= 15 is 0 Å². The molecule has 236 valence electrons. The number of benzene rings is 2. The second-order valence-electron chi connectivity index (χ2n) is 11.5. The zero-order chi connectivity index (χ0) is 32.2. The van der Waals surface area contributed by atoms with Crippen LogP contribution in [-0.4, -0.2) is 82.0 Å². The molecule has 3 heterocycles. The second kappa shape index (κ2) is 13.6. The van der Waals surface area contributed by atoms with Crippen LogP contribution in [0.1, 0.15) is 45.6 Å². The number of likely N-dealkylation sites (N-methyl/N-ethyl adjacent to an activating group) is 1. The van der Waals surface area contributed by atoms with Crippen molar-refractivity contribution in [1.82, 2.24) is 14.8 Å². The molecule has 2 aliphatic rings. The van der Waals surface area contributed by atoms with Crippen LogP contribution < -0.4 is 18.9 Å². The number of methoxy groups -OCH3 is 4. The molecule has 1 aromatic heterocycles. The lowest BCUT2D eigenvalue weighted by Gasteiger charge is -2.48. The van der Waals surface area contributed by atoms with Gasteiger partial charge in [0.1, 0.15) is 12.6 Å². The van der Waals surface area contributed by atoms with Gasteiger partial charge in [-0.25, -0.2) is 4.79 Å². The van der Waals surface area contributed by atoms with Crippen LogP contribution in [0.25, 0.3) is 6.08 Å². The summed E-state index contributed by atoms with van der Waals surface area (Å²) in [7, 11) is 10.5. The van der Waals surface area contributed by atoms with Crippen LogP contribution in [0.4, 0.5) is 0 Å². The van der Waals surface area contributed by atoms with E-state index in [4.69, 9.17) is 23.7 Å². The number of carbonyl (C=O) groups excluding carboxylic acids is 1. The summed E-state index contributed by atoms with van der Waals surface area (Å²) >= 11 is 0. The van der Waals surface area contributed by atoms with Crippen molar-refractivity contribution in [3.05, 3.63) is 82.2 Å². The third-order valence-corrected chi connectivity index (χ3v) is 8.69. The molecule has 4 atom stereocenters. The van der Waals surface area contributed by atoms with E-state index in [1.165, 1.54) is 6.08 Å². The van der Waals surface area contributed by atoms with Crippen LogP contribution in [0.15, 0.2) is 48.7 Å². The van der Waals surface area contributed by atoms with Crippen molar-refractivity contribution in [2.75, 3.05) is 49.1 Å². The van der Waals surface area contributed by atoms with Gasteiger partial charge in [-0.2, -0.15) is 5.26 Å². The first-order valence-corrected chi connectivity index (χ1v) is 14.8. The minimum absolute atomic E-state index is 0.0325. The van der Waals surface area contributed by atoms with Gasteiger partial charge < -0.3 is 28.6 Å². The van der Waals surface area contributed by atoms with Crippen molar-refractivity contribution in [3.63, 3.8) is 0 Å². The fraction of sp³-hybridized carbons (Fsp3) is 0.400.